The average molecular weight is 458 g/mol. The van der Waals surface area contributed by atoms with E-state index in [1.54, 1.807) is 28.8 Å². The number of hydrogen-bond acceptors (Lipinski definition) is 4. The standard InChI is InChI=1S/C24H32FN5O3/c1-14(2)30-13-21(16(4)28-30)23(32)27-20-9-6-15(3)29(12-20)24(33)18-7-8-19(22(25)10-18)11-26-17(5)31/h7-8,10,13-15,20H,6,9,11-12H2,1-5H3,(H,26,31)(H,27,32). The maximum atomic E-state index is 14.5. The van der Waals surface area contributed by atoms with Crippen LogP contribution in [-0.2, 0) is 11.3 Å². The highest BCUT2D eigenvalue weighted by Gasteiger charge is 2.31. The van der Waals surface area contributed by atoms with Crippen LogP contribution in [0, 0.1) is 12.7 Å². The molecule has 9 heteroatoms. The molecule has 2 N–H and O–H groups in total. The number of halogens is 1. The normalized spacial score (nSPS) is 18.3. The molecule has 33 heavy (non-hydrogen) atoms. The number of hydrogen-bond donors (Lipinski definition) is 2. The molecule has 1 fully saturated rings. The molecule has 0 spiro atoms. The number of nitrogens with zero attached hydrogens (tertiary/aromatic N) is 3. The van der Waals surface area contributed by atoms with Gasteiger partial charge in [0, 0.05) is 55.5 Å². The summed E-state index contributed by atoms with van der Waals surface area (Å²) < 4.78 is 16.2. The van der Waals surface area contributed by atoms with Crippen molar-refractivity contribution in [2.24, 2.45) is 0 Å². The minimum atomic E-state index is -0.540. The zero-order valence-corrected chi connectivity index (χ0v) is 19.8. The second-order valence-corrected chi connectivity index (χ2v) is 8.97. The summed E-state index contributed by atoms with van der Waals surface area (Å²) in [4.78, 5) is 38.7. The highest BCUT2D eigenvalue weighted by Crippen LogP contribution is 2.22. The van der Waals surface area contributed by atoms with Gasteiger partial charge in [-0.15, -0.1) is 0 Å². The van der Waals surface area contributed by atoms with Gasteiger partial charge in [0.1, 0.15) is 5.82 Å². The van der Waals surface area contributed by atoms with Gasteiger partial charge in [-0.1, -0.05) is 6.07 Å². The van der Waals surface area contributed by atoms with Crippen molar-refractivity contribution in [3.05, 3.63) is 52.6 Å². The van der Waals surface area contributed by atoms with Crippen molar-refractivity contribution in [3.8, 4) is 0 Å². The molecule has 1 saturated heterocycles. The van der Waals surface area contributed by atoms with Crippen molar-refractivity contribution < 1.29 is 18.8 Å². The smallest absolute Gasteiger partial charge is 0.255 e. The molecule has 1 aromatic carbocycles. The maximum absolute atomic E-state index is 14.5. The molecule has 8 nitrogen and oxygen atoms in total. The monoisotopic (exact) mass is 457 g/mol. The second-order valence-electron chi connectivity index (χ2n) is 8.97. The molecular weight excluding hydrogens is 425 g/mol. The van der Waals surface area contributed by atoms with Gasteiger partial charge in [0.15, 0.2) is 0 Å². The Labute approximate surface area is 193 Å². The molecule has 1 aliphatic heterocycles. The van der Waals surface area contributed by atoms with Crippen molar-refractivity contribution in [2.45, 2.75) is 72.1 Å². The first-order chi connectivity index (χ1) is 15.6. The number of amides is 3. The molecule has 0 aliphatic carbocycles. The number of aromatic nitrogens is 2. The Kier molecular flexibility index (Phi) is 7.50. The third kappa shape index (κ3) is 5.77. The predicted octanol–water partition coefficient (Wildman–Crippen LogP) is 2.97. The summed E-state index contributed by atoms with van der Waals surface area (Å²) in [7, 11) is 0. The lowest BCUT2D eigenvalue weighted by molar-refractivity contribution is -0.119. The van der Waals surface area contributed by atoms with Crippen LogP contribution in [0.5, 0.6) is 0 Å². The lowest BCUT2D eigenvalue weighted by atomic mass is 9.97. The molecule has 178 valence electrons. The van der Waals surface area contributed by atoms with E-state index in [0.717, 1.165) is 12.8 Å². The molecule has 0 saturated carbocycles. The Hall–Kier alpha value is -3.23. The van der Waals surface area contributed by atoms with Crippen molar-refractivity contribution in [1.82, 2.24) is 25.3 Å². The first kappa shape index (κ1) is 24.4. The Morgan fingerprint density at radius 1 is 1.24 bits per heavy atom. The average Bonchev–Trinajstić information content (AvgIpc) is 3.15. The summed E-state index contributed by atoms with van der Waals surface area (Å²) in [6.07, 6.45) is 3.22. The largest absolute Gasteiger partial charge is 0.352 e. The van der Waals surface area contributed by atoms with E-state index in [2.05, 4.69) is 15.7 Å². The van der Waals surface area contributed by atoms with Crippen LogP contribution in [0.15, 0.2) is 24.4 Å². The fourth-order valence-corrected chi connectivity index (χ4v) is 3.95. The Balaban J connectivity index is 1.69. The summed E-state index contributed by atoms with van der Waals surface area (Å²) in [5.74, 6) is -1.28. The molecule has 2 heterocycles. The highest BCUT2D eigenvalue weighted by molar-refractivity contribution is 5.96. The topological polar surface area (TPSA) is 96.3 Å². The number of piperidine rings is 1. The van der Waals surface area contributed by atoms with Crippen LogP contribution in [0.25, 0.3) is 0 Å². The van der Waals surface area contributed by atoms with E-state index in [0.29, 0.717) is 23.4 Å². The van der Waals surface area contributed by atoms with Crippen molar-refractivity contribution >= 4 is 17.7 Å². The third-order valence-corrected chi connectivity index (χ3v) is 6.00. The minimum Gasteiger partial charge on any atom is -0.352 e. The van der Waals surface area contributed by atoms with Gasteiger partial charge in [0.05, 0.1) is 11.3 Å². The lowest BCUT2D eigenvalue weighted by Gasteiger charge is -2.38. The van der Waals surface area contributed by atoms with Crippen LogP contribution < -0.4 is 10.6 Å². The van der Waals surface area contributed by atoms with E-state index < -0.39 is 5.82 Å². The number of benzene rings is 1. The van der Waals surface area contributed by atoms with Gasteiger partial charge < -0.3 is 15.5 Å². The Morgan fingerprint density at radius 3 is 2.58 bits per heavy atom. The molecule has 1 aliphatic rings. The van der Waals surface area contributed by atoms with E-state index >= 15 is 0 Å². The molecule has 3 amide bonds. The summed E-state index contributed by atoms with van der Waals surface area (Å²) >= 11 is 0. The van der Waals surface area contributed by atoms with E-state index in [-0.39, 0.29) is 48.0 Å². The van der Waals surface area contributed by atoms with E-state index in [4.69, 9.17) is 0 Å². The number of carbonyl (C=O) groups is 3. The maximum Gasteiger partial charge on any atom is 0.255 e. The van der Waals surface area contributed by atoms with Gasteiger partial charge >= 0.3 is 0 Å². The SMILES string of the molecule is CC(=O)NCc1ccc(C(=O)N2CC(NC(=O)c3cn(C(C)C)nc3C)CCC2C)cc1F. The van der Waals surface area contributed by atoms with E-state index in [9.17, 15) is 18.8 Å². The quantitative estimate of drug-likeness (QED) is 0.697. The van der Waals surface area contributed by atoms with Crippen molar-refractivity contribution in [2.75, 3.05) is 6.54 Å². The van der Waals surface area contributed by atoms with Gasteiger partial charge in [-0.3, -0.25) is 19.1 Å². The predicted molar refractivity (Wildman–Crippen MR) is 122 cm³/mol. The van der Waals surface area contributed by atoms with Gasteiger partial charge in [0.2, 0.25) is 5.91 Å². The molecule has 1 aromatic heterocycles. The van der Waals surface area contributed by atoms with Crippen molar-refractivity contribution in [3.63, 3.8) is 0 Å². The molecule has 3 rings (SSSR count). The van der Waals surface area contributed by atoms with Crippen LogP contribution in [-0.4, -0.2) is 51.0 Å². The fourth-order valence-electron chi connectivity index (χ4n) is 3.95. The van der Waals surface area contributed by atoms with Crippen LogP contribution in [0.4, 0.5) is 4.39 Å². The lowest BCUT2D eigenvalue weighted by Crippen LogP contribution is -2.53. The number of nitrogens with one attached hydrogen (secondary N) is 2. The zero-order valence-electron chi connectivity index (χ0n) is 19.8. The highest BCUT2D eigenvalue weighted by atomic mass is 19.1. The zero-order chi connectivity index (χ0) is 24.3. The van der Waals surface area contributed by atoms with Crippen molar-refractivity contribution in [1.29, 1.82) is 0 Å². The van der Waals surface area contributed by atoms with Crippen LogP contribution in [0.1, 0.15) is 78.6 Å². The summed E-state index contributed by atoms with van der Waals surface area (Å²) in [5, 5.41) is 9.97. The summed E-state index contributed by atoms with van der Waals surface area (Å²) in [6, 6.07) is 4.21. The molecular formula is C24H32FN5O3. The molecule has 2 aromatic rings. The summed E-state index contributed by atoms with van der Waals surface area (Å²) in [5.41, 5.74) is 1.74. The second kappa shape index (κ2) is 10.1. The third-order valence-electron chi connectivity index (χ3n) is 6.00. The molecule has 0 radical (unpaired) electrons. The molecule has 2 atom stereocenters. The first-order valence-electron chi connectivity index (χ1n) is 11.3. The van der Waals surface area contributed by atoms with Crippen LogP contribution in [0.3, 0.4) is 0 Å². The number of aryl methyl sites for hydroxylation is 1. The number of rotatable bonds is 6. The van der Waals surface area contributed by atoms with Gasteiger partial charge in [0.25, 0.3) is 11.8 Å². The Bertz CT molecular complexity index is 1050. The van der Waals surface area contributed by atoms with Gasteiger partial charge in [-0.2, -0.15) is 5.10 Å². The fraction of sp³-hybridized carbons (Fsp3) is 0.500. The molecule has 0 bridgehead atoms. The number of carbonyl (C=O) groups excluding carboxylic acids is 3. The summed E-state index contributed by atoms with van der Waals surface area (Å²) in [6.45, 7) is 9.52. The van der Waals surface area contributed by atoms with E-state index in [1.165, 1.54) is 19.1 Å². The number of likely N-dealkylation sites (tertiary alicyclic amines) is 1. The molecule has 2 unspecified atom stereocenters. The van der Waals surface area contributed by atoms with Gasteiger partial charge in [-0.25, -0.2) is 4.39 Å². The van der Waals surface area contributed by atoms with Gasteiger partial charge in [-0.05, 0) is 52.7 Å². The van der Waals surface area contributed by atoms with E-state index in [1.807, 2.05) is 20.8 Å². The Morgan fingerprint density at radius 2 is 1.97 bits per heavy atom. The first-order valence-corrected chi connectivity index (χ1v) is 11.3. The van der Waals surface area contributed by atoms with Crippen LogP contribution >= 0.6 is 0 Å². The minimum absolute atomic E-state index is 0.0294. The van der Waals surface area contributed by atoms with Crippen LogP contribution in [0.2, 0.25) is 0 Å².